The standard InChI is InChI=1S/C11H14N4O4S/c1-8(6-12)7-14(2)10-4-3-9(20(13,18)19)5-11(10)15(16)17/h3-5,8H,7H2,1-2H3,(H2,13,18,19)/t8-/m0/s1. The van der Waals surface area contributed by atoms with E-state index in [4.69, 9.17) is 10.4 Å². The number of nitro groups is 1. The van der Waals surface area contributed by atoms with E-state index in [0.29, 0.717) is 0 Å². The second-order valence-electron chi connectivity index (χ2n) is 4.36. The van der Waals surface area contributed by atoms with Crippen LogP contribution in [0.3, 0.4) is 0 Å². The Balaban J connectivity index is 3.28. The molecule has 0 spiro atoms. The van der Waals surface area contributed by atoms with Crippen LogP contribution in [-0.4, -0.2) is 26.9 Å². The average molecular weight is 298 g/mol. The molecule has 1 aromatic rings. The molecule has 0 radical (unpaired) electrons. The van der Waals surface area contributed by atoms with Gasteiger partial charge in [0.05, 0.1) is 21.8 Å². The molecule has 9 heteroatoms. The van der Waals surface area contributed by atoms with Crippen molar-refractivity contribution in [3.05, 3.63) is 28.3 Å². The molecule has 0 unspecified atom stereocenters. The molecule has 20 heavy (non-hydrogen) atoms. The van der Waals surface area contributed by atoms with Gasteiger partial charge in [0.2, 0.25) is 10.0 Å². The van der Waals surface area contributed by atoms with Gasteiger partial charge in [-0.2, -0.15) is 5.26 Å². The van der Waals surface area contributed by atoms with E-state index >= 15 is 0 Å². The van der Waals surface area contributed by atoms with Gasteiger partial charge < -0.3 is 4.90 Å². The van der Waals surface area contributed by atoms with Crippen LogP contribution in [0.1, 0.15) is 6.92 Å². The van der Waals surface area contributed by atoms with Crippen molar-refractivity contribution in [1.82, 2.24) is 0 Å². The zero-order chi connectivity index (χ0) is 15.5. The number of anilines is 1. The number of benzene rings is 1. The monoisotopic (exact) mass is 298 g/mol. The van der Waals surface area contributed by atoms with Crippen LogP contribution in [-0.2, 0) is 10.0 Å². The van der Waals surface area contributed by atoms with E-state index in [1.165, 1.54) is 17.0 Å². The van der Waals surface area contributed by atoms with E-state index in [2.05, 4.69) is 0 Å². The van der Waals surface area contributed by atoms with Crippen molar-refractivity contribution in [1.29, 1.82) is 5.26 Å². The van der Waals surface area contributed by atoms with Gasteiger partial charge in [0.25, 0.3) is 5.69 Å². The SMILES string of the molecule is C[C@@H](C#N)CN(C)c1ccc(S(N)(=O)=O)cc1[N+](=O)[O-]. The van der Waals surface area contributed by atoms with Gasteiger partial charge in [0, 0.05) is 19.7 Å². The molecule has 0 aliphatic heterocycles. The molecule has 0 aliphatic carbocycles. The third-order valence-corrected chi connectivity index (χ3v) is 3.56. The first-order chi connectivity index (χ1) is 9.16. The quantitative estimate of drug-likeness (QED) is 0.633. The van der Waals surface area contributed by atoms with E-state index in [0.717, 1.165) is 6.07 Å². The van der Waals surface area contributed by atoms with Crippen molar-refractivity contribution < 1.29 is 13.3 Å². The molecule has 0 bridgehead atoms. The van der Waals surface area contributed by atoms with Crippen molar-refractivity contribution in [2.24, 2.45) is 11.1 Å². The molecule has 1 aromatic carbocycles. The fourth-order valence-electron chi connectivity index (χ4n) is 1.70. The summed E-state index contributed by atoms with van der Waals surface area (Å²) in [5.41, 5.74) is -0.145. The van der Waals surface area contributed by atoms with E-state index in [1.54, 1.807) is 14.0 Å². The van der Waals surface area contributed by atoms with Gasteiger partial charge in [0.1, 0.15) is 5.69 Å². The van der Waals surface area contributed by atoms with Gasteiger partial charge in [-0.3, -0.25) is 10.1 Å². The fourth-order valence-corrected chi connectivity index (χ4v) is 2.23. The summed E-state index contributed by atoms with van der Waals surface area (Å²) < 4.78 is 22.4. The molecular weight excluding hydrogens is 284 g/mol. The molecule has 0 saturated carbocycles. The second kappa shape index (κ2) is 5.85. The lowest BCUT2D eigenvalue weighted by atomic mass is 10.2. The van der Waals surface area contributed by atoms with Crippen LogP contribution in [0.25, 0.3) is 0 Å². The first-order valence-electron chi connectivity index (χ1n) is 5.58. The van der Waals surface area contributed by atoms with Crippen LogP contribution in [0.2, 0.25) is 0 Å². The maximum atomic E-state index is 11.2. The summed E-state index contributed by atoms with van der Waals surface area (Å²) in [5, 5.41) is 24.7. The number of nitrogens with zero attached hydrogens (tertiary/aromatic N) is 3. The molecule has 1 rings (SSSR count). The number of nitrogens with two attached hydrogens (primary N) is 1. The van der Waals surface area contributed by atoms with E-state index in [9.17, 15) is 18.5 Å². The minimum absolute atomic E-state index is 0.226. The Morgan fingerprint density at radius 2 is 2.15 bits per heavy atom. The Morgan fingerprint density at radius 1 is 1.55 bits per heavy atom. The van der Waals surface area contributed by atoms with Crippen LogP contribution in [0, 0.1) is 27.4 Å². The van der Waals surface area contributed by atoms with Gasteiger partial charge in [-0.05, 0) is 19.1 Å². The molecule has 1 atom stereocenters. The molecular formula is C11H14N4O4S. The van der Waals surface area contributed by atoms with Gasteiger partial charge in [-0.25, -0.2) is 13.6 Å². The van der Waals surface area contributed by atoms with Crippen LogP contribution in [0.5, 0.6) is 0 Å². The minimum atomic E-state index is -4.00. The van der Waals surface area contributed by atoms with Crippen molar-refractivity contribution in [3.63, 3.8) is 0 Å². The number of hydrogen-bond acceptors (Lipinski definition) is 6. The van der Waals surface area contributed by atoms with Crippen LogP contribution in [0.4, 0.5) is 11.4 Å². The molecule has 0 aromatic heterocycles. The summed E-state index contributed by atoms with van der Waals surface area (Å²) >= 11 is 0. The Bertz CT molecular complexity index is 665. The Morgan fingerprint density at radius 3 is 2.60 bits per heavy atom. The molecule has 0 heterocycles. The molecule has 8 nitrogen and oxygen atoms in total. The zero-order valence-corrected chi connectivity index (χ0v) is 11.8. The normalized spacial score (nSPS) is 12.5. The molecule has 0 fully saturated rings. The van der Waals surface area contributed by atoms with E-state index in [1.807, 2.05) is 6.07 Å². The lowest BCUT2D eigenvalue weighted by molar-refractivity contribution is -0.384. The van der Waals surface area contributed by atoms with E-state index < -0.39 is 14.9 Å². The Hall–Kier alpha value is -2.18. The fraction of sp³-hybridized carbons (Fsp3) is 0.364. The third-order valence-electron chi connectivity index (χ3n) is 2.65. The highest BCUT2D eigenvalue weighted by Gasteiger charge is 2.22. The number of nitriles is 1. The lowest BCUT2D eigenvalue weighted by Gasteiger charge is -2.20. The predicted octanol–water partition coefficient (Wildman–Crippen LogP) is 0.838. The largest absolute Gasteiger partial charge is 0.368 e. The maximum absolute atomic E-state index is 11.2. The van der Waals surface area contributed by atoms with Crippen molar-refractivity contribution in [2.75, 3.05) is 18.5 Å². The minimum Gasteiger partial charge on any atom is -0.368 e. The summed E-state index contributed by atoms with van der Waals surface area (Å²) in [6, 6.07) is 5.44. The third kappa shape index (κ3) is 3.66. The summed E-state index contributed by atoms with van der Waals surface area (Å²) in [7, 11) is -2.41. The second-order valence-corrected chi connectivity index (χ2v) is 5.92. The van der Waals surface area contributed by atoms with Crippen molar-refractivity contribution in [3.8, 4) is 6.07 Å². The number of nitro benzene ring substituents is 1. The highest BCUT2D eigenvalue weighted by molar-refractivity contribution is 7.89. The average Bonchev–Trinajstić information content (AvgIpc) is 2.36. The smallest absolute Gasteiger partial charge is 0.293 e. The Kier molecular flexibility index (Phi) is 4.65. The Labute approximate surface area is 116 Å². The van der Waals surface area contributed by atoms with Gasteiger partial charge >= 0.3 is 0 Å². The van der Waals surface area contributed by atoms with Gasteiger partial charge in [-0.1, -0.05) is 0 Å². The molecule has 2 N–H and O–H groups in total. The summed E-state index contributed by atoms with van der Waals surface area (Å²) in [6.07, 6.45) is 0. The molecule has 0 saturated heterocycles. The summed E-state index contributed by atoms with van der Waals surface area (Å²) in [6.45, 7) is 1.97. The van der Waals surface area contributed by atoms with Crippen LogP contribution >= 0.6 is 0 Å². The van der Waals surface area contributed by atoms with Crippen molar-refractivity contribution in [2.45, 2.75) is 11.8 Å². The molecule has 0 aliphatic rings. The topological polar surface area (TPSA) is 130 Å². The summed E-state index contributed by atoms with van der Waals surface area (Å²) in [4.78, 5) is 11.6. The highest BCUT2D eigenvalue weighted by atomic mass is 32.2. The predicted molar refractivity (Wildman–Crippen MR) is 72.5 cm³/mol. The van der Waals surface area contributed by atoms with Crippen molar-refractivity contribution >= 4 is 21.4 Å². The van der Waals surface area contributed by atoms with Crippen LogP contribution < -0.4 is 10.0 Å². The van der Waals surface area contributed by atoms with Crippen LogP contribution in [0.15, 0.2) is 23.1 Å². The maximum Gasteiger partial charge on any atom is 0.293 e. The number of rotatable bonds is 5. The highest BCUT2D eigenvalue weighted by Crippen LogP contribution is 2.30. The number of sulfonamides is 1. The molecule has 0 amide bonds. The molecule has 108 valence electrons. The first kappa shape index (κ1) is 15.9. The first-order valence-corrected chi connectivity index (χ1v) is 7.13. The lowest BCUT2D eigenvalue weighted by Crippen LogP contribution is -2.24. The van der Waals surface area contributed by atoms with Gasteiger partial charge in [0.15, 0.2) is 0 Å². The van der Waals surface area contributed by atoms with E-state index in [-0.39, 0.29) is 28.7 Å². The summed E-state index contributed by atoms with van der Waals surface area (Å²) in [5.74, 6) is -0.322. The zero-order valence-electron chi connectivity index (χ0n) is 11.0. The number of primary sulfonamides is 1. The van der Waals surface area contributed by atoms with Gasteiger partial charge in [-0.15, -0.1) is 0 Å². The number of hydrogen-bond donors (Lipinski definition) is 1.